The van der Waals surface area contributed by atoms with Crippen molar-refractivity contribution in [3.05, 3.63) is 89.6 Å². The molecule has 0 radical (unpaired) electrons. The Morgan fingerprint density at radius 1 is 0.839 bits per heavy atom. The highest BCUT2D eigenvalue weighted by Crippen LogP contribution is 2.38. The normalized spacial score (nSPS) is 11.6. The van der Waals surface area contributed by atoms with Crippen LogP contribution in [0.15, 0.2) is 77.3 Å². The number of nitrogens with zero attached hydrogens (tertiary/aromatic N) is 1. The van der Waals surface area contributed by atoms with E-state index in [2.05, 4.69) is 94.4 Å². The van der Waals surface area contributed by atoms with Crippen LogP contribution >= 0.6 is 0 Å². The second-order valence-corrected chi connectivity index (χ2v) is 8.91. The van der Waals surface area contributed by atoms with E-state index in [0.717, 1.165) is 39.6 Å². The Kier molecular flexibility index (Phi) is 4.86. The van der Waals surface area contributed by atoms with E-state index >= 15 is 0 Å². The summed E-state index contributed by atoms with van der Waals surface area (Å²) in [5, 5.41) is 2.27. The molecule has 5 aromatic rings. The number of furan rings is 1. The van der Waals surface area contributed by atoms with Crippen molar-refractivity contribution in [1.29, 1.82) is 0 Å². The molecule has 31 heavy (non-hydrogen) atoms. The lowest BCUT2D eigenvalue weighted by atomic mass is 9.94. The summed E-state index contributed by atoms with van der Waals surface area (Å²) in [6.07, 6.45) is 2.98. The molecule has 2 nitrogen and oxygen atoms in total. The topological polar surface area (TPSA) is 26.0 Å². The van der Waals surface area contributed by atoms with Gasteiger partial charge in [0.1, 0.15) is 11.2 Å². The van der Waals surface area contributed by atoms with Crippen LogP contribution in [-0.2, 0) is 6.42 Å². The van der Waals surface area contributed by atoms with Gasteiger partial charge in [-0.25, -0.2) is 0 Å². The minimum atomic E-state index is 0.615. The molecule has 0 aliphatic rings. The molecule has 0 bridgehead atoms. The number of hydrogen-bond acceptors (Lipinski definition) is 2. The van der Waals surface area contributed by atoms with E-state index in [-0.39, 0.29) is 0 Å². The van der Waals surface area contributed by atoms with Crippen molar-refractivity contribution in [2.24, 2.45) is 5.92 Å². The van der Waals surface area contributed by atoms with E-state index < -0.39 is 0 Å². The zero-order valence-electron chi connectivity index (χ0n) is 18.6. The SMILES string of the molecule is Cc1cccc(C)c1-c1ccc2c(c1)oc1cccc(-c3cc(CC(C)C)ccn3)c12. The first-order chi connectivity index (χ1) is 15.0. The third-order valence-electron chi connectivity index (χ3n) is 6.01. The van der Waals surface area contributed by atoms with E-state index in [1.807, 2.05) is 6.20 Å². The van der Waals surface area contributed by atoms with Gasteiger partial charge in [-0.15, -0.1) is 0 Å². The van der Waals surface area contributed by atoms with Crippen LogP contribution in [0.1, 0.15) is 30.5 Å². The summed E-state index contributed by atoms with van der Waals surface area (Å²) in [5.74, 6) is 0.615. The minimum absolute atomic E-state index is 0.615. The number of benzene rings is 3. The first kappa shape index (κ1) is 19.6. The number of aryl methyl sites for hydroxylation is 2. The van der Waals surface area contributed by atoms with Gasteiger partial charge in [0.25, 0.3) is 0 Å². The van der Waals surface area contributed by atoms with E-state index in [9.17, 15) is 0 Å². The summed E-state index contributed by atoms with van der Waals surface area (Å²) in [5.41, 5.74) is 10.3. The maximum atomic E-state index is 6.32. The van der Waals surface area contributed by atoms with Crippen LogP contribution in [0, 0.1) is 19.8 Å². The predicted octanol–water partition coefficient (Wildman–Crippen LogP) is 8.13. The van der Waals surface area contributed by atoms with E-state index in [1.54, 1.807) is 0 Å². The lowest BCUT2D eigenvalue weighted by Crippen LogP contribution is -1.95. The van der Waals surface area contributed by atoms with Crippen LogP contribution in [-0.4, -0.2) is 4.98 Å². The fraction of sp³-hybridized carbons (Fsp3) is 0.207. The predicted molar refractivity (Wildman–Crippen MR) is 130 cm³/mol. The van der Waals surface area contributed by atoms with Crippen LogP contribution in [0.2, 0.25) is 0 Å². The first-order valence-corrected chi connectivity index (χ1v) is 11.0. The van der Waals surface area contributed by atoms with Crippen molar-refractivity contribution in [2.75, 3.05) is 0 Å². The summed E-state index contributed by atoms with van der Waals surface area (Å²) in [6, 6.07) is 23.6. The van der Waals surface area contributed by atoms with Crippen LogP contribution in [0.5, 0.6) is 0 Å². The number of rotatable bonds is 4. The van der Waals surface area contributed by atoms with Gasteiger partial charge in [0.2, 0.25) is 0 Å². The van der Waals surface area contributed by atoms with Gasteiger partial charge >= 0.3 is 0 Å². The molecule has 2 heterocycles. The van der Waals surface area contributed by atoms with Gasteiger partial charge in [-0.2, -0.15) is 0 Å². The molecule has 0 atom stereocenters. The number of fused-ring (bicyclic) bond motifs is 3. The summed E-state index contributed by atoms with van der Waals surface area (Å²) in [7, 11) is 0. The maximum Gasteiger partial charge on any atom is 0.136 e. The van der Waals surface area contributed by atoms with Gasteiger partial charge in [-0.3, -0.25) is 4.98 Å². The molecule has 0 aliphatic carbocycles. The molecule has 2 heteroatoms. The molecule has 0 fully saturated rings. The largest absolute Gasteiger partial charge is 0.456 e. The van der Waals surface area contributed by atoms with E-state index in [1.165, 1.54) is 27.8 Å². The monoisotopic (exact) mass is 405 g/mol. The molecule has 0 saturated carbocycles. The van der Waals surface area contributed by atoms with Crippen LogP contribution in [0.4, 0.5) is 0 Å². The van der Waals surface area contributed by atoms with Crippen molar-refractivity contribution < 1.29 is 4.42 Å². The summed E-state index contributed by atoms with van der Waals surface area (Å²) < 4.78 is 6.32. The van der Waals surface area contributed by atoms with E-state index in [4.69, 9.17) is 9.40 Å². The average molecular weight is 406 g/mol. The zero-order valence-corrected chi connectivity index (χ0v) is 18.6. The van der Waals surface area contributed by atoms with Crippen molar-refractivity contribution in [1.82, 2.24) is 4.98 Å². The molecule has 0 spiro atoms. The Morgan fingerprint density at radius 2 is 1.61 bits per heavy atom. The number of aromatic nitrogens is 1. The Bertz CT molecular complexity index is 1390. The fourth-order valence-electron chi connectivity index (χ4n) is 4.68. The summed E-state index contributed by atoms with van der Waals surface area (Å²) in [4.78, 5) is 4.70. The molecule has 0 N–H and O–H groups in total. The molecular formula is C29H27NO. The lowest BCUT2D eigenvalue weighted by molar-refractivity contribution is 0.647. The van der Waals surface area contributed by atoms with Gasteiger partial charge in [0.15, 0.2) is 0 Å². The van der Waals surface area contributed by atoms with E-state index in [0.29, 0.717) is 5.92 Å². The van der Waals surface area contributed by atoms with Gasteiger partial charge < -0.3 is 4.42 Å². The van der Waals surface area contributed by atoms with Crippen LogP contribution in [0.25, 0.3) is 44.3 Å². The summed E-state index contributed by atoms with van der Waals surface area (Å²) in [6.45, 7) is 8.83. The molecule has 0 amide bonds. The quantitative estimate of drug-likeness (QED) is 0.302. The number of pyridine rings is 1. The third-order valence-corrected chi connectivity index (χ3v) is 6.01. The summed E-state index contributed by atoms with van der Waals surface area (Å²) >= 11 is 0. The second-order valence-electron chi connectivity index (χ2n) is 8.91. The molecular weight excluding hydrogens is 378 g/mol. The lowest BCUT2D eigenvalue weighted by Gasteiger charge is -2.10. The molecule has 0 aliphatic heterocycles. The van der Waals surface area contributed by atoms with Gasteiger partial charge in [-0.05, 0) is 84.3 Å². The minimum Gasteiger partial charge on any atom is -0.456 e. The fourth-order valence-corrected chi connectivity index (χ4v) is 4.68. The first-order valence-electron chi connectivity index (χ1n) is 11.0. The number of hydrogen-bond donors (Lipinski definition) is 0. The Morgan fingerprint density at radius 3 is 2.39 bits per heavy atom. The Hall–Kier alpha value is -3.39. The maximum absolute atomic E-state index is 6.32. The zero-order chi connectivity index (χ0) is 21.5. The van der Waals surface area contributed by atoms with Crippen molar-refractivity contribution in [2.45, 2.75) is 34.1 Å². The molecule has 0 unspecified atom stereocenters. The highest BCUT2D eigenvalue weighted by molar-refractivity contribution is 6.12. The molecule has 5 rings (SSSR count). The Balaban J connectivity index is 1.69. The van der Waals surface area contributed by atoms with Gasteiger partial charge in [0.05, 0.1) is 5.69 Å². The molecule has 154 valence electrons. The van der Waals surface area contributed by atoms with Crippen LogP contribution in [0.3, 0.4) is 0 Å². The second kappa shape index (κ2) is 7.70. The standard InChI is InChI=1S/C29H27NO/c1-18(2)15-21-13-14-30-25(16-21)23-9-6-10-26-29(23)24-12-11-22(17-27(24)31-26)28-19(3)7-5-8-20(28)4/h5-14,16-18H,15H2,1-4H3. The molecule has 0 saturated heterocycles. The molecule has 2 aromatic heterocycles. The van der Waals surface area contributed by atoms with Crippen molar-refractivity contribution >= 4 is 21.9 Å². The van der Waals surface area contributed by atoms with Gasteiger partial charge in [-0.1, -0.05) is 50.2 Å². The Labute approximate surface area is 183 Å². The van der Waals surface area contributed by atoms with Crippen LogP contribution < -0.4 is 0 Å². The van der Waals surface area contributed by atoms with Gasteiger partial charge in [0, 0.05) is 22.5 Å². The smallest absolute Gasteiger partial charge is 0.136 e. The third kappa shape index (κ3) is 3.53. The van der Waals surface area contributed by atoms with Crippen molar-refractivity contribution in [3.63, 3.8) is 0 Å². The highest BCUT2D eigenvalue weighted by atomic mass is 16.3. The average Bonchev–Trinajstić information content (AvgIpc) is 3.11. The highest BCUT2D eigenvalue weighted by Gasteiger charge is 2.15. The molecule has 3 aromatic carbocycles. The van der Waals surface area contributed by atoms with Crippen molar-refractivity contribution in [3.8, 4) is 22.4 Å².